The van der Waals surface area contributed by atoms with Gasteiger partial charge in [0.2, 0.25) is 5.91 Å². The van der Waals surface area contributed by atoms with Crippen LogP contribution < -0.4 is 5.73 Å². The predicted molar refractivity (Wildman–Crippen MR) is 78.0 cm³/mol. The summed E-state index contributed by atoms with van der Waals surface area (Å²) in [6.07, 6.45) is 0.515. The maximum absolute atomic E-state index is 12.2. The highest BCUT2D eigenvalue weighted by atomic mass is 16.5. The summed E-state index contributed by atoms with van der Waals surface area (Å²) in [6, 6.07) is 7.72. The summed E-state index contributed by atoms with van der Waals surface area (Å²) in [5.74, 6) is 0.369. The second-order valence-electron chi connectivity index (χ2n) is 4.74. The Labute approximate surface area is 115 Å². The molecular weight excluding hydrogens is 240 g/mol. The second-order valence-corrected chi connectivity index (χ2v) is 4.74. The molecule has 0 fully saturated rings. The van der Waals surface area contributed by atoms with Gasteiger partial charge < -0.3 is 15.4 Å². The number of nitrogens with two attached hydrogens (primary N) is 1. The minimum atomic E-state index is 0.170. The molecule has 1 atom stereocenters. The molecule has 0 bridgehead atoms. The van der Waals surface area contributed by atoms with Gasteiger partial charge in [0, 0.05) is 32.3 Å². The van der Waals surface area contributed by atoms with Crippen molar-refractivity contribution in [1.82, 2.24) is 4.90 Å². The van der Waals surface area contributed by atoms with E-state index in [9.17, 15) is 4.79 Å². The van der Waals surface area contributed by atoms with E-state index in [1.165, 1.54) is 0 Å². The number of hydrogen-bond donors (Lipinski definition) is 1. The molecule has 2 N–H and O–H groups in total. The predicted octanol–water partition coefficient (Wildman–Crippen LogP) is 2.26. The van der Waals surface area contributed by atoms with Gasteiger partial charge in [-0.25, -0.2) is 0 Å². The number of likely N-dealkylation sites (N-methyl/N-ethyl adjacent to an activating group) is 1. The van der Waals surface area contributed by atoms with Gasteiger partial charge in [0.1, 0.15) is 0 Å². The number of rotatable bonds is 7. The van der Waals surface area contributed by atoms with Gasteiger partial charge in [0.15, 0.2) is 0 Å². The zero-order valence-electron chi connectivity index (χ0n) is 12.1. The Morgan fingerprint density at radius 3 is 2.53 bits per heavy atom. The Morgan fingerprint density at radius 1 is 1.37 bits per heavy atom. The second kappa shape index (κ2) is 7.79. The number of hydrogen-bond acceptors (Lipinski definition) is 3. The van der Waals surface area contributed by atoms with Crippen LogP contribution in [0.15, 0.2) is 24.3 Å². The molecule has 0 radical (unpaired) electrons. The zero-order valence-corrected chi connectivity index (χ0v) is 12.1. The monoisotopic (exact) mass is 264 g/mol. The molecular formula is C15H24N2O2. The maximum Gasteiger partial charge on any atom is 0.223 e. The summed E-state index contributed by atoms with van der Waals surface area (Å²) in [5, 5.41) is 0. The number of ether oxygens (including phenoxy) is 1. The van der Waals surface area contributed by atoms with Crippen molar-refractivity contribution in [2.75, 3.05) is 32.5 Å². The van der Waals surface area contributed by atoms with E-state index in [0.717, 1.165) is 17.8 Å². The third-order valence-corrected chi connectivity index (χ3v) is 3.29. The minimum Gasteiger partial charge on any atom is -0.399 e. The molecule has 4 heteroatoms. The number of carbonyl (C=O) groups excluding carboxylic acids is 1. The van der Waals surface area contributed by atoms with Crippen molar-refractivity contribution in [3.05, 3.63) is 29.8 Å². The molecule has 1 rings (SSSR count). The van der Waals surface area contributed by atoms with Gasteiger partial charge in [0.05, 0.1) is 6.61 Å². The van der Waals surface area contributed by atoms with E-state index in [-0.39, 0.29) is 11.8 Å². The number of nitrogens with zero attached hydrogens (tertiary/aromatic N) is 1. The molecule has 1 aromatic rings. The Morgan fingerprint density at radius 2 is 2.00 bits per heavy atom. The van der Waals surface area contributed by atoms with E-state index in [4.69, 9.17) is 10.5 Å². The van der Waals surface area contributed by atoms with Crippen molar-refractivity contribution < 1.29 is 9.53 Å². The molecule has 0 saturated heterocycles. The van der Waals surface area contributed by atoms with Crippen LogP contribution in [-0.4, -0.2) is 37.6 Å². The summed E-state index contributed by atoms with van der Waals surface area (Å²) in [5.41, 5.74) is 7.56. The average Bonchev–Trinajstić information content (AvgIpc) is 2.40. The van der Waals surface area contributed by atoms with Crippen LogP contribution in [0.5, 0.6) is 0 Å². The smallest absolute Gasteiger partial charge is 0.223 e. The summed E-state index contributed by atoms with van der Waals surface area (Å²) in [6.45, 7) is 6.00. The Bertz CT molecular complexity index is 390. The Kier molecular flexibility index (Phi) is 6.36. The first kappa shape index (κ1) is 15.5. The van der Waals surface area contributed by atoms with Crippen LogP contribution in [0.3, 0.4) is 0 Å². The standard InChI is InChI=1S/C15H24N2O2/c1-4-17(9-10-19-3)15(18)11-12(2)13-5-7-14(16)8-6-13/h5-8,12H,4,9-11,16H2,1-3H3. The quantitative estimate of drug-likeness (QED) is 0.769. The van der Waals surface area contributed by atoms with Gasteiger partial charge in [-0.2, -0.15) is 0 Å². The van der Waals surface area contributed by atoms with Gasteiger partial charge in [-0.1, -0.05) is 19.1 Å². The number of amides is 1. The van der Waals surface area contributed by atoms with Gasteiger partial charge in [0.25, 0.3) is 0 Å². The lowest BCUT2D eigenvalue weighted by Crippen LogP contribution is -2.34. The average molecular weight is 264 g/mol. The molecule has 19 heavy (non-hydrogen) atoms. The Balaban J connectivity index is 2.57. The molecule has 1 aromatic carbocycles. The van der Waals surface area contributed by atoms with Gasteiger partial charge >= 0.3 is 0 Å². The van der Waals surface area contributed by atoms with E-state index in [2.05, 4.69) is 6.92 Å². The van der Waals surface area contributed by atoms with E-state index in [0.29, 0.717) is 19.6 Å². The highest BCUT2D eigenvalue weighted by Gasteiger charge is 2.16. The lowest BCUT2D eigenvalue weighted by molar-refractivity contribution is -0.131. The maximum atomic E-state index is 12.2. The van der Waals surface area contributed by atoms with Crippen LogP contribution in [-0.2, 0) is 9.53 Å². The largest absolute Gasteiger partial charge is 0.399 e. The molecule has 0 aromatic heterocycles. The molecule has 0 spiro atoms. The van der Waals surface area contributed by atoms with Crippen molar-refractivity contribution in [2.24, 2.45) is 0 Å². The van der Waals surface area contributed by atoms with Crippen LogP contribution in [0.4, 0.5) is 5.69 Å². The number of methoxy groups -OCH3 is 1. The number of benzene rings is 1. The molecule has 0 aliphatic rings. The molecule has 1 amide bonds. The SMILES string of the molecule is CCN(CCOC)C(=O)CC(C)c1ccc(N)cc1. The summed E-state index contributed by atoms with van der Waals surface area (Å²) in [7, 11) is 1.65. The molecule has 0 heterocycles. The minimum absolute atomic E-state index is 0.170. The molecule has 106 valence electrons. The fraction of sp³-hybridized carbons (Fsp3) is 0.533. The topological polar surface area (TPSA) is 55.6 Å². The molecule has 0 saturated carbocycles. The number of carbonyl (C=O) groups is 1. The van der Waals surface area contributed by atoms with Gasteiger partial charge in [-0.15, -0.1) is 0 Å². The lowest BCUT2D eigenvalue weighted by atomic mass is 9.97. The zero-order chi connectivity index (χ0) is 14.3. The number of anilines is 1. The van der Waals surface area contributed by atoms with E-state index >= 15 is 0 Å². The molecule has 4 nitrogen and oxygen atoms in total. The normalized spacial score (nSPS) is 12.2. The van der Waals surface area contributed by atoms with E-state index in [1.807, 2.05) is 36.1 Å². The van der Waals surface area contributed by atoms with Crippen LogP contribution in [0.25, 0.3) is 0 Å². The van der Waals surface area contributed by atoms with E-state index < -0.39 is 0 Å². The van der Waals surface area contributed by atoms with Crippen LogP contribution >= 0.6 is 0 Å². The first-order valence-corrected chi connectivity index (χ1v) is 6.70. The molecule has 1 unspecified atom stereocenters. The van der Waals surface area contributed by atoms with Crippen molar-refractivity contribution in [3.8, 4) is 0 Å². The first-order valence-electron chi connectivity index (χ1n) is 6.70. The number of nitrogen functional groups attached to an aromatic ring is 1. The highest BCUT2D eigenvalue weighted by Crippen LogP contribution is 2.21. The van der Waals surface area contributed by atoms with Crippen LogP contribution in [0, 0.1) is 0 Å². The van der Waals surface area contributed by atoms with Crippen LogP contribution in [0.2, 0.25) is 0 Å². The van der Waals surface area contributed by atoms with E-state index in [1.54, 1.807) is 7.11 Å². The fourth-order valence-electron chi connectivity index (χ4n) is 1.99. The third kappa shape index (κ3) is 4.91. The molecule has 0 aliphatic heterocycles. The third-order valence-electron chi connectivity index (χ3n) is 3.29. The van der Waals surface area contributed by atoms with Crippen molar-refractivity contribution in [3.63, 3.8) is 0 Å². The van der Waals surface area contributed by atoms with Gasteiger partial charge in [-0.3, -0.25) is 4.79 Å². The summed E-state index contributed by atoms with van der Waals surface area (Å²) < 4.78 is 5.02. The van der Waals surface area contributed by atoms with Crippen molar-refractivity contribution >= 4 is 11.6 Å². The molecule has 0 aliphatic carbocycles. The Hall–Kier alpha value is -1.55. The van der Waals surface area contributed by atoms with Crippen molar-refractivity contribution in [1.29, 1.82) is 0 Å². The lowest BCUT2D eigenvalue weighted by Gasteiger charge is -2.22. The van der Waals surface area contributed by atoms with Gasteiger partial charge in [-0.05, 0) is 30.5 Å². The fourth-order valence-corrected chi connectivity index (χ4v) is 1.99. The summed E-state index contributed by atoms with van der Waals surface area (Å²) >= 11 is 0. The summed E-state index contributed by atoms with van der Waals surface area (Å²) in [4.78, 5) is 14.0. The van der Waals surface area contributed by atoms with Crippen molar-refractivity contribution in [2.45, 2.75) is 26.2 Å². The van der Waals surface area contributed by atoms with Crippen LogP contribution in [0.1, 0.15) is 31.7 Å². The highest BCUT2D eigenvalue weighted by molar-refractivity contribution is 5.77. The first-order chi connectivity index (χ1) is 9.08.